The third-order valence-corrected chi connectivity index (χ3v) is 3.80. The molecule has 1 heterocycles. The molecule has 1 saturated heterocycles. The SMILES string of the molecule is CC(C)[C@H]1CSC(=S)N1C(C)C. The van der Waals surface area contributed by atoms with Gasteiger partial charge in [0.15, 0.2) is 0 Å². The lowest BCUT2D eigenvalue weighted by Gasteiger charge is -2.31. The predicted octanol–water partition coefficient (Wildman–Crippen LogP) is 2.75. The van der Waals surface area contributed by atoms with Crippen molar-refractivity contribution in [3.8, 4) is 0 Å². The van der Waals surface area contributed by atoms with E-state index in [1.54, 1.807) is 0 Å². The van der Waals surface area contributed by atoms with Crippen LogP contribution in [0.15, 0.2) is 0 Å². The van der Waals surface area contributed by atoms with Crippen molar-refractivity contribution >= 4 is 28.3 Å². The van der Waals surface area contributed by atoms with Crippen LogP contribution in [-0.2, 0) is 0 Å². The van der Waals surface area contributed by atoms with Gasteiger partial charge >= 0.3 is 0 Å². The quantitative estimate of drug-likeness (QED) is 0.635. The molecule has 12 heavy (non-hydrogen) atoms. The summed E-state index contributed by atoms with van der Waals surface area (Å²) in [7, 11) is 0. The highest BCUT2D eigenvalue weighted by Gasteiger charge is 2.32. The van der Waals surface area contributed by atoms with E-state index < -0.39 is 0 Å². The smallest absolute Gasteiger partial charge is 0.136 e. The molecule has 0 aromatic rings. The van der Waals surface area contributed by atoms with Crippen molar-refractivity contribution in [1.82, 2.24) is 4.90 Å². The van der Waals surface area contributed by atoms with Gasteiger partial charge in [0.1, 0.15) is 4.32 Å². The lowest BCUT2D eigenvalue weighted by atomic mass is 10.0. The molecule has 0 radical (unpaired) electrons. The summed E-state index contributed by atoms with van der Waals surface area (Å²) in [5.74, 6) is 1.88. The monoisotopic (exact) mass is 203 g/mol. The van der Waals surface area contributed by atoms with E-state index in [1.165, 1.54) is 5.75 Å². The maximum Gasteiger partial charge on any atom is 0.136 e. The Morgan fingerprint density at radius 3 is 2.33 bits per heavy atom. The lowest BCUT2D eigenvalue weighted by molar-refractivity contribution is 0.245. The Morgan fingerprint density at radius 2 is 2.00 bits per heavy atom. The number of nitrogens with zero attached hydrogens (tertiary/aromatic N) is 1. The minimum atomic E-state index is 0.555. The normalized spacial score (nSPS) is 24.7. The number of thioether (sulfide) groups is 1. The first kappa shape index (κ1) is 10.3. The predicted molar refractivity (Wildman–Crippen MR) is 60.7 cm³/mol. The van der Waals surface area contributed by atoms with Gasteiger partial charge in [-0.3, -0.25) is 0 Å². The maximum atomic E-state index is 5.30. The first-order valence-electron chi connectivity index (χ1n) is 4.49. The fourth-order valence-corrected chi connectivity index (χ4v) is 3.46. The topological polar surface area (TPSA) is 3.24 Å². The van der Waals surface area contributed by atoms with Gasteiger partial charge in [0, 0.05) is 17.8 Å². The van der Waals surface area contributed by atoms with Crippen molar-refractivity contribution in [2.75, 3.05) is 5.75 Å². The Labute approximate surface area is 84.9 Å². The molecule has 0 N–H and O–H groups in total. The first-order valence-corrected chi connectivity index (χ1v) is 5.88. The van der Waals surface area contributed by atoms with Crippen LogP contribution in [0.25, 0.3) is 0 Å². The highest BCUT2D eigenvalue weighted by molar-refractivity contribution is 8.23. The van der Waals surface area contributed by atoms with Crippen molar-refractivity contribution < 1.29 is 0 Å². The second-order valence-electron chi connectivity index (χ2n) is 3.89. The molecule has 0 aliphatic carbocycles. The first-order chi connectivity index (χ1) is 5.54. The summed E-state index contributed by atoms with van der Waals surface area (Å²) < 4.78 is 1.09. The lowest BCUT2D eigenvalue weighted by Crippen LogP contribution is -2.41. The summed E-state index contributed by atoms with van der Waals surface area (Å²) in [6, 6.07) is 1.21. The fraction of sp³-hybridized carbons (Fsp3) is 0.889. The molecule has 1 nitrogen and oxygen atoms in total. The van der Waals surface area contributed by atoms with Crippen molar-refractivity contribution in [2.45, 2.75) is 39.8 Å². The van der Waals surface area contributed by atoms with Gasteiger partial charge in [0.05, 0.1) is 0 Å². The van der Waals surface area contributed by atoms with E-state index in [0.717, 1.165) is 4.32 Å². The molecule has 0 bridgehead atoms. The van der Waals surface area contributed by atoms with E-state index >= 15 is 0 Å². The third-order valence-electron chi connectivity index (χ3n) is 2.27. The Morgan fingerprint density at radius 1 is 1.42 bits per heavy atom. The van der Waals surface area contributed by atoms with E-state index in [1.807, 2.05) is 11.8 Å². The van der Waals surface area contributed by atoms with Crippen LogP contribution >= 0.6 is 24.0 Å². The summed E-state index contributed by atoms with van der Waals surface area (Å²) in [5.41, 5.74) is 0. The zero-order valence-electron chi connectivity index (χ0n) is 8.20. The summed E-state index contributed by atoms with van der Waals surface area (Å²) >= 11 is 7.13. The number of hydrogen-bond donors (Lipinski definition) is 0. The van der Waals surface area contributed by atoms with Gasteiger partial charge in [-0.05, 0) is 19.8 Å². The summed E-state index contributed by atoms with van der Waals surface area (Å²) in [4.78, 5) is 2.38. The minimum absolute atomic E-state index is 0.555. The van der Waals surface area contributed by atoms with Crippen LogP contribution in [0.1, 0.15) is 27.7 Å². The Kier molecular flexibility index (Phi) is 3.41. The van der Waals surface area contributed by atoms with Crippen LogP contribution in [0.5, 0.6) is 0 Å². The second kappa shape index (κ2) is 3.97. The van der Waals surface area contributed by atoms with Crippen LogP contribution in [0.3, 0.4) is 0 Å². The molecule has 0 saturated carbocycles. The van der Waals surface area contributed by atoms with Gasteiger partial charge in [0.2, 0.25) is 0 Å². The minimum Gasteiger partial charge on any atom is -0.351 e. The molecule has 70 valence electrons. The van der Waals surface area contributed by atoms with Gasteiger partial charge in [0.25, 0.3) is 0 Å². The van der Waals surface area contributed by atoms with Gasteiger partial charge in [-0.25, -0.2) is 0 Å². The second-order valence-corrected chi connectivity index (χ2v) is 5.54. The summed E-state index contributed by atoms with van der Waals surface area (Å²) in [5, 5.41) is 0. The molecule has 3 heteroatoms. The molecule has 1 aliphatic rings. The average Bonchev–Trinajstić information content (AvgIpc) is 2.30. The van der Waals surface area contributed by atoms with Crippen LogP contribution in [-0.4, -0.2) is 27.1 Å². The largest absolute Gasteiger partial charge is 0.351 e. The number of thiocarbonyl (C=S) groups is 1. The average molecular weight is 203 g/mol. The van der Waals surface area contributed by atoms with E-state index in [2.05, 4.69) is 32.6 Å². The van der Waals surface area contributed by atoms with E-state index in [4.69, 9.17) is 12.2 Å². The van der Waals surface area contributed by atoms with Gasteiger partial charge < -0.3 is 4.90 Å². The summed E-state index contributed by atoms with van der Waals surface area (Å²) in [6.45, 7) is 8.98. The van der Waals surface area contributed by atoms with Gasteiger partial charge in [-0.2, -0.15) is 0 Å². The Balaban J connectivity index is 2.70. The number of hydrogen-bond acceptors (Lipinski definition) is 2. The third kappa shape index (κ3) is 1.94. The number of rotatable bonds is 2. The van der Waals surface area contributed by atoms with Crippen molar-refractivity contribution in [2.24, 2.45) is 5.92 Å². The molecule has 0 unspecified atom stereocenters. The molecule has 1 atom stereocenters. The van der Waals surface area contributed by atoms with Crippen LogP contribution in [0, 0.1) is 5.92 Å². The van der Waals surface area contributed by atoms with Crippen molar-refractivity contribution in [1.29, 1.82) is 0 Å². The zero-order valence-corrected chi connectivity index (χ0v) is 9.84. The molecule has 1 aliphatic heterocycles. The molecular weight excluding hydrogens is 186 g/mol. The van der Waals surface area contributed by atoms with E-state index in [9.17, 15) is 0 Å². The maximum absolute atomic E-state index is 5.30. The Bertz CT molecular complexity index is 177. The molecule has 0 amide bonds. The van der Waals surface area contributed by atoms with Crippen LogP contribution < -0.4 is 0 Å². The highest BCUT2D eigenvalue weighted by atomic mass is 32.2. The molecule has 0 spiro atoms. The Hall–Kier alpha value is 0.240. The van der Waals surface area contributed by atoms with E-state index in [-0.39, 0.29) is 0 Å². The van der Waals surface area contributed by atoms with Crippen LogP contribution in [0.2, 0.25) is 0 Å². The van der Waals surface area contributed by atoms with Crippen molar-refractivity contribution in [3.05, 3.63) is 0 Å². The van der Waals surface area contributed by atoms with Crippen LogP contribution in [0.4, 0.5) is 0 Å². The van der Waals surface area contributed by atoms with Gasteiger partial charge in [-0.15, -0.1) is 0 Å². The summed E-state index contributed by atoms with van der Waals surface area (Å²) in [6.07, 6.45) is 0. The van der Waals surface area contributed by atoms with E-state index in [0.29, 0.717) is 18.0 Å². The molecule has 0 aromatic carbocycles. The molecule has 0 aromatic heterocycles. The van der Waals surface area contributed by atoms with Crippen molar-refractivity contribution in [3.63, 3.8) is 0 Å². The highest BCUT2D eigenvalue weighted by Crippen LogP contribution is 2.30. The fourth-order valence-electron chi connectivity index (χ4n) is 1.55. The standard InChI is InChI=1S/C9H17NS2/c1-6(2)8-5-12-9(11)10(8)7(3)4/h6-8H,5H2,1-4H3/t8-/m1/s1. The molecule has 1 rings (SSSR count). The molecule has 1 fully saturated rings. The zero-order chi connectivity index (χ0) is 9.30. The van der Waals surface area contributed by atoms with Gasteiger partial charge in [-0.1, -0.05) is 37.8 Å². The molecular formula is C9H17NS2.